The van der Waals surface area contributed by atoms with E-state index in [4.69, 9.17) is 18.0 Å². The van der Waals surface area contributed by atoms with Crippen LogP contribution in [-0.2, 0) is 0 Å². The van der Waals surface area contributed by atoms with Gasteiger partial charge in [-0.05, 0) is 43.7 Å². The molecule has 2 N–H and O–H groups in total. The summed E-state index contributed by atoms with van der Waals surface area (Å²) in [7, 11) is 1.97. The van der Waals surface area contributed by atoms with Gasteiger partial charge in [0.25, 0.3) is 0 Å². The van der Waals surface area contributed by atoms with Crippen LogP contribution in [0, 0.1) is 13.8 Å². The number of nitrogens with zero attached hydrogens (tertiary/aromatic N) is 2. The van der Waals surface area contributed by atoms with Gasteiger partial charge in [-0.15, -0.1) is 0 Å². The Balaban J connectivity index is 2.51. The van der Waals surface area contributed by atoms with Gasteiger partial charge in [0, 0.05) is 18.4 Å². The maximum absolute atomic E-state index is 5.78. The second-order valence-electron chi connectivity index (χ2n) is 4.59. The zero-order valence-corrected chi connectivity index (χ0v) is 12.2. The SMILES string of the molecule is Cc1cccc(N(C)c2nc(C)ccc2C(N)=S)c1. The third-order valence-corrected chi connectivity index (χ3v) is 3.21. The Morgan fingerprint density at radius 2 is 1.95 bits per heavy atom. The van der Waals surface area contributed by atoms with Crippen molar-refractivity contribution in [1.82, 2.24) is 4.98 Å². The third-order valence-electron chi connectivity index (χ3n) is 2.99. The predicted octanol–water partition coefficient (Wildman–Crippen LogP) is 3.10. The lowest BCUT2D eigenvalue weighted by Gasteiger charge is -2.21. The summed E-state index contributed by atoms with van der Waals surface area (Å²) in [6.45, 7) is 4.02. The lowest BCUT2D eigenvalue weighted by atomic mass is 10.2. The summed E-state index contributed by atoms with van der Waals surface area (Å²) in [6, 6.07) is 12.1. The molecule has 1 aromatic carbocycles. The Morgan fingerprint density at radius 3 is 2.58 bits per heavy atom. The molecule has 0 spiro atoms. The first-order chi connectivity index (χ1) is 8.99. The van der Waals surface area contributed by atoms with Crippen molar-refractivity contribution in [3.63, 3.8) is 0 Å². The Labute approximate surface area is 119 Å². The molecule has 0 saturated carbocycles. The van der Waals surface area contributed by atoms with E-state index < -0.39 is 0 Å². The molecule has 0 atom stereocenters. The molecule has 0 radical (unpaired) electrons. The quantitative estimate of drug-likeness (QED) is 0.871. The molecule has 0 aliphatic heterocycles. The molecule has 0 amide bonds. The van der Waals surface area contributed by atoms with Crippen LogP contribution in [0.5, 0.6) is 0 Å². The second-order valence-corrected chi connectivity index (χ2v) is 5.03. The maximum Gasteiger partial charge on any atom is 0.143 e. The number of aryl methyl sites for hydroxylation is 2. The van der Waals surface area contributed by atoms with Crippen molar-refractivity contribution in [2.45, 2.75) is 13.8 Å². The van der Waals surface area contributed by atoms with Gasteiger partial charge >= 0.3 is 0 Å². The lowest BCUT2D eigenvalue weighted by Crippen LogP contribution is -2.19. The van der Waals surface area contributed by atoms with E-state index in [-0.39, 0.29) is 0 Å². The van der Waals surface area contributed by atoms with Crippen molar-refractivity contribution >= 4 is 28.7 Å². The highest BCUT2D eigenvalue weighted by atomic mass is 32.1. The minimum absolute atomic E-state index is 0.363. The van der Waals surface area contributed by atoms with Gasteiger partial charge in [-0.2, -0.15) is 0 Å². The molecule has 1 aromatic heterocycles. The fourth-order valence-corrected chi connectivity index (χ4v) is 2.11. The largest absolute Gasteiger partial charge is 0.389 e. The predicted molar refractivity (Wildman–Crippen MR) is 84.1 cm³/mol. The molecule has 1 heterocycles. The van der Waals surface area contributed by atoms with E-state index in [0.29, 0.717) is 4.99 Å². The summed E-state index contributed by atoms with van der Waals surface area (Å²) >= 11 is 5.10. The van der Waals surface area contributed by atoms with Gasteiger partial charge in [-0.3, -0.25) is 0 Å². The van der Waals surface area contributed by atoms with Crippen LogP contribution >= 0.6 is 12.2 Å². The van der Waals surface area contributed by atoms with E-state index >= 15 is 0 Å². The van der Waals surface area contributed by atoms with Gasteiger partial charge in [0.15, 0.2) is 0 Å². The van der Waals surface area contributed by atoms with Crippen molar-refractivity contribution in [2.24, 2.45) is 5.73 Å². The number of pyridine rings is 1. The van der Waals surface area contributed by atoms with Gasteiger partial charge < -0.3 is 10.6 Å². The van der Waals surface area contributed by atoms with Crippen molar-refractivity contribution in [2.75, 3.05) is 11.9 Å². The van der Waals surface area contributed by atoms with E-state index in [1.54, 1.807) is 0 Å². The van der Waals surface area contributed by atoms with E-state index in [1.807, 2.05) is 43.1 Å². The molecule has 98 valence electrons. The molecular formula is C15H17N3S. The Hall–Kier alpha value is -1.94. The Bertz CT molecular complexity index is 623. The molecule has 0 bridgehead atoms. The third kappa shape index (κ3) is 2.90. The maximum atomic E-state index is 5.78. The van der Waals surface area contributed by atoms with Crippen LogP contribution in [-0.4, -0.2) is 17.0 Å². The van der Waals surface area contributed by atoms with Crippen LogP contribution < -0.4 is 10.6 Å². The fourth-order valence-electron chi connectivity index (χ4n) is 1.95. The molecule has 0 unspecified atom stereocenters. The first kappa shape index (κ1) is 13.5. The Morgan fingerprint density at radius 1 is 1.21 bits per heavy atom. The normalized spacial score (nSPS) is 10.3. The topological polar surface area (TPSA) is 42.2 Å². The number of thiocarbonyl (C=S) groups is 1. The van der Waals surface area contributed by atoms with Gasteiger partial charge in [-0.25, -0.2) is 4.98 Å². The van der Waals surface area contributed by atoms with Crippen molar-refractivity contribution in [1.29, 1.82) is 0 Å². The zero-order valence-electron chi connectivity index (χ0n) is 11.3. The highest BCUT2D eigenvalue weighted by molar-refractivity contribution is 7.80. The lowest BCUT2D eigenvalue weighted by molar-refractivity contribution is 1.08. The highest BCUT2D eigenvalue weighted by Gasteiger charge is 2.13. The number of anilines is 2. The van der Waals surface area contributed by atoms with Crippen LogP contribution in [0.1, 0.15) is 16.8 Å². The van der Waals surface area contributed by atoms with Gasteiger partial charge in [0.2, 0.25) is 0 Å². The first-order valence-corrected chi connectivity index (χ1v) is 6.47. The molecule has 3 nitrogen and oxygen atoms in total. The van der Waals surface area contributed by atoms with E-state index in [2.05, 4.69) is 24.0 Å². The van der Waals surface area contributed by atoms with E-state index in [0.717, 1.165) is 22.8 Å². The average Bonchev–Trinajstić information content (AvgIpc) is 2.37. The van der Waals surface area contributed by atoms with E-state index in [1.165, 1.54) is 5.56 Å². The molecule has 4 heteroatoms. The van der Waals surface area contributed by atoms with Crippen LogP contribution in [0.2, 0.25) is 0 Å². The zero-order chi connectivity index (χ0) is 14.0. The second kappa shape index (κ2) is 5.36. The molecule has 0 aliphatic carbocycles. The summed E-state index contributed by atoms with van der Waals surface area (Å²) in [6.07, 6.45) is 0. The number of nitrogens with two attached hydrogens (primary N) is 1. The van der Waals surface area contributed by atoms with Crippen molar-refractivity contribution in [3.8, 4) is 0 Å². The van der Waals surface area contributed by atoms with Crippen molar-refractivity contribution in [3.05, 3.63) is 53.2 Å². The fraction of sp³-hybridized carbons (Fsp3) is 0.200. The number of aromatic nitrogens is 1. The molecule has 0 saturated heterocycles. The summed E-state index contributed by atoms with van der Waals surface area (Å²) in [5.41, 5.74) is 9.78. The molecule has 2 aromatic rings. The van der Waals surface area contributed by atoms with Crippen LogP contribution in [0.3, 0.4) is 0 Å². The minimum atomic E-state index is 0.363. The van der Waals surface area contributed by atoms with Crippen LogP contribution in [0.4, 0.5) is 11.5 Å². The van der Waals surface area contributed by atoms with Crippen molar-refractivity contribution < 1.29 is 0 Å². The molecule has 19 heavy (non-hydrogen) atoms. The van der Waals surface area contributed by atoms with Gasteiger partial charge in [-0.1, -0.05) is 24.4 Å². The molecule has 0 aliphatic rings. The van der Waals surface area contributed by atoms with Crippen LogP contribution in [0.15, 0.2) is 36.4 Å². The minimum Gasteiger partial charge on any atom is -0.389 e. The molecular weight excluding hydrogens is 254 g/mol. The van der Waals surface area contributed by atoms with Gasteiger partial charge in [0.1, 0.15) is 10.8 Å². The number of benzene rings is 1. The number of hydrogen-bond acceptors (Lipinski definition) is 3. The first-order valence-electron chi connectivity index (χ1n) is 6.07. The highest BCUT2D eigenvalue weighted by Crippen LogP contribution is 2.26. The van der Waals surface area contributed by atoms with E-state index in [9.17, 15) is 0 Å². The summed E-state index contributed by atoms with van der Waals surface area (Å²) in [5.74, 6) is 0.790. The smallest absolute Gasteiger partial charge is 0.143 e. The monoisotopic (exact) mass is 271 g/mol. The molecule has 2 rings (SSSR count). The average molecular weight is 271 g/mol. The van der Waals surface area contributed by atoms with Gasteiger partial charge in [0.05, 0.1) is 5.56 Å². The molecule has 0 fully saturated rings. The summed E-state index contributed by atoms with van der Waals surface area (Å²) in [4.78, 5) is 6.93. The standard InChI is InChI=1S/C15H17N3S/c1-10-5-4-6-12(9-10)18(3)15-13(14(16)19)8-7-11(2)17-15/h4-9H,1-3H3,(H2,16,19). The Kier molecular flexibility index (Phi) is 3.81. The number of rotatable bonds is 3. The summed E-state index contributed by atoms with van der Waals surface area (Å²) in [5, 5.41) is 0. The van der Waals surface area contributed by atoms with Crippen LogP contribution in [0.25, 0.3) is 0 Å². The summed E-state index contributed by atoms with van der Waals surface area (Å²) < 4.78 is 0. The number of hydrogen-bond donors (Lipinski definition) is 1.